The highest BCUT2D eigenvalue weighted by molar-refractivity contribution is 7.99. The minimum absolute atomic E-state index is 0.107. The summed E-state index contributed by atoms with van der Waals surface area (Å²) in [5.74, 6) is 1.47. The van der Waals surface area contributed by atoms with Crippen molar-refractivity contribution in [1.29, 1.82) is 0 Å². The van der Waals surface area contributed by atoms with E-state index in [-0.39, 0.29) is 5.91 Å². The molecule has 0 spiro atoms. The van der Waals surface area contributed by atoms with Gasteiger partial charge in [-0.1, -0.05) is 67.8 Å². The summed E-state index contributed by atoms with van der Waals surface area (Å²) in [4.78, 5) is 12.2. The molecule has 1 N–H and O–H groups in total. The van der Waals surface area contributed by atoms with Crippen LogP contribution in [0.15, 0.2) is 35.5 Å². The SMILES string of the molecule is Cn1c(CCc2ccccc2)nnc1SCC(=O)NC1CCCCCC1. The van der Waals surface area contributed by atoms with Crippen LogP contribution >= 0.6 is 11.8 Å². The van der Waals surface area contributed by atoms with Gasteiger partial charge in [0.2, 0.25) is 5.91 Å². The Morgan fingerprint density at radius 3 is 2.58 bits per heavy atom. The van der Waals surface area contributed by atoms with Crippen LogP contribution in [0.4, 0.5) is 0 Å². The van der Waals surface area contributed by atoms with Gasteiger partial charge in [0.1, 0.15) is 5.82 Å². The molecule has 1 heterocycles. The van der Waals surface area contributed by atoms with Crippen molar-refractivity contribution >= 4 is 17.7 Å². The summed E-state index contributed by atoms with van der Waals surface area (Å²) >= 11 is 1.47. The first kappa shape index (κ1) is 19.0. The van der Waals surface area contributed by atoms with Gasteiger partial charge >= 0.3 is 0 Å². The summed E-state index contributed by atoms with van der Waals surface area (Å²) in [5, 5.41) is 12.5. The van der Waals surface area contributed by atoms with Crippen LogP contribution in [0.5, 0.6) is 0 Å². The smallest absolute Gasteiger partial charge is 0.230 e. The average molecular weight is 373 g/mol. The first-order chi connectivity index (χ1) is 12.7. The van der Waals surface area contributed by atoms with Gasteiger partial charge in [0.25, 0.3) is 0 Å². The van der Waals surface area contributed by atoms with E-state index in [1.165, 1.54) is 43.0 Å². The lowest BCUT2D eigenvalue weighted by atomic mass is 10.1. The fourth-order valence-electron chi connectivity index (χ4n) is 3.41. The van der Waals surface area contributed by atoms with Crippen LogP contribution < -0.4 is 5.32 Å². The Morgan fingerprint density at radius 2 is 1.85 bits per heavy atom. The molecule has 5 nitrogen and oxygen atoms in total. The van der Waals surface area contributed by atoms with E-state index in [0.29, 0.717) is 11.8 Å². The van der Waals surface area contributed by atoms with Crippen LogP contribution in [0, 0.1) is 0 Å². The quantitative estimate of drug-likeness (QED) is 0.597. The third kappa shape index (κ3) is 5.59. The predicted octanol–water partition coefficient (Wildman–Crippen LogP) is 3.53. The van der Waals surface area contributed by atoms with Crippen LogP contribution in [-0.4, -0.2) is 32.5 Å². The number of aromatic nitrogens is 3. The van der Waals surface area contributed by atoms with Gasteiger partial charge in [0, 0.05) is 19.5 Å². The Hall–Kier alpha value is -1.82. The fourth-order valence-corrected chi connectivity index (χ4v) is 4.15. The molecule has 6 heteroatoms. The third-order valence-corrected chi connectivity index (χ3v) is 5.98. The van der Waals surface area contributed by atoms with Crippen molar-refractivity contribution in [3.63, 3.8) is 0 Å². The maximum atomic E-state index is 12.2. The zero-order chi connectivity index (χ0) is 18.2. The summed E-state index contributed by atoms with van der Waals surface area (Å²) in [6.07, 6.45) is 9.08. The zero-order valence-corrected chi connectivity index (χ0v) is 16.3. The van der Waals surface area contributed by atoms with E-state index in [1.807, 2.05) is 17.7 Å². The molecule has 1 aliphatic rings. The molecular formula is C20H28N4OS. The van der Waals surface area contributed by atoms with E-state index < -0.39 is 0 Å². The number of amides is 1. The molecule has 1 amide bonds. The number of nitrogens with one attached hydrogen (secondary N) is 1. The molecule has 3 rings (SSSR count). The van der Waals surface area contributed by atoms with E-state index in [1.54, 1.807) is 0 Å². The van der Waals surface area contributed by atoms with E-state index >= 15 is 0 Å². The molecule has 1 aromatic carbocycles. The van der Waals surface area contributed by atoms with Crippen LogP contribution in [0.3, 0.4) is 0 Å². The van der Waals surface area contributed by atoms with Crippen molar-refractivity contribution in [3.05, 3.63) is 41.7 Å². The van der Waals surface area contributed by atoms with Crippen molar-refractivity contribution in [2.24, 2.45) is 7.05 Å². The summed E-state index contributed by atoms with van der Waals surface area (Å²) < 4.78 is 2.01. The average Bonchev–Trinajstić information content (AvgIpc) is 2.84. The molecule has 0 atom stereocenters. The lowest BCUT2D eigenvalue weighted by Gasteiger charge is -2.15. The number of rotatable bonds is 7. The van der Waals surface area contributed by atoms with E-state index in [9.17, 15) is 4.79 Å². The topological polar surface area (TPSA) is 59.8 Å². The fraction of sp³-hybridized carbons (Fsp3) is 0.550. The molecule has 140 valence electrons. The number of carbonyl (C=O) groups excluding carboxylic acids is 1. The number of carbonyl (C=O) groups is 1. The number of aryl methyl sites for hydroxylation is 2. The first-order valence-corrected chi connectivity index (χ1v) is 10.6. The zero-order valence-electron chi connectivity index (χ0n) is 15.5. The third-order valence-electron chi connectivity index (χ3n) is 4.96. The first-order valence-electron chi connectivity index (χ1n) is 9.57. The van der Waals surface area contributed by atoms with Gasteiger partial charge in [-0.3, -0.25) is 4.79 Å². The number of hydrogen-bond donors (Lipinski definition) is 1. The van der Waals surface area contributed by atoms with Gasteiger partial charge in [0.05, 0.1) is 5.75 Å². The largest absolute Gasteiger partial charge is 0.353 e. The second-order valence-electron chi connectivity index (χ2n) is 6.99. The highest BCUT2D eigenvalue weighted by Crippen LogP contribution is 2.19. The Labute approximate surface area is 160 Å². The van der Waals surface area contributed by atoms with Crippen molar-refractivity contribution < 1.29 is 4.79 Å². The van der Waals surface area contributed by atoms with E-state index in [2.05, 4.69) is 39.8 Å². The molecule has 1 saturated carbocycles. The van der Waals surface area contributed by atoms with Gasteiger partial charge in [-0.05, 0) is 24.8 Å². The van der Waals surface area contributed by atoms with Crippen LogP contribution in [0.25, 0.3) is 0 Å². The van der Waals surface area contributed by atoms with Gasteiger partial charge in [-0.15, -0.1) is 10.2 Å². The van der Waals surface area contributed by atoms with Gasteiger partial charge in [-0.2, -0.15) is 0 Å². The maximum Gasteiger partial charge on any atom is 0.230 e. The lowest BCUT2D eigenvalue weighted by Crippen LogP contribution is -2.35. The number of benzene rings is 1. The highest BCUT2D eigenvalue weighted by Gasteiger charge is 2.16. The lowest BCUT2D eigenvalue weighted by molar-refractivity contribution is -0.119. The van der Waals surface area contributed by atoms with E-state index in [4.69, 9.17) is 0 Å². The Bertz CT molecular complexity index is 693. The van der Waals surface area contributed by atoms with Crippen LogP contribution in [-0.2, 0) is 24.7 Å². The number of thioether (sulfide) groups is 1. The summed E-state index contributed by atoms with van der Waals surface area (Å²) in [6.45, 7) is 0. The molecular weight excluding hydrogens is 344 g/mol. The minimum atomic E-state index is 0.107. The molecule has 1 fully saturated rings. The highest BCUT2D eigenvalue weighted by atomic mass is 32.2. The Morgan fingerprint density at radius 1 is 1.12 bits per heavy atom. The molecule has 0 aliphatic heterocycles. The molecule has 2 aromatic rings. The molecule has 0 saturated heterocycles. The summed E-state index contributed by atoms with van der Waals surface area (Å²) in [5.41, 5.74) is 1.30. The normalized spacial score (nSPS) is 15.6. The Kier molecular flexibility index (Phi) is 7.12. The van der Waals surface area contributed by atoms with Crippen LogP contribution in [0.2, 0.25) is 0 Å². The molecule has 26 heavy (non-hydrogen) atoms. The molecule has 0 bridgehead atoms. The van der Waals surface area contributed by atoms with Crippen molar-refractivity contribution in [2.75, 3.05) is 5.75 Å². The second-order valence-corrected chi connectivity index (χ2v) is 7.93. The minimum Gasteiger partial charge on any atom is -0.353 e. The summed E-state index contributed by atoms with van der Waals surface area (Å²) in [7, 11) is 1.98. The van der Waals surface area contributed by atoms with Gasteiger partial charge in [0.15, 0.2) is 5.16 Å². The number of nitrogens with zero attached hydrogens (tertiary/aromatic N) is 3. The molecule has 1 aromatic heterocycles. The van der Waals surface area contributed by atoms with Crippen molar-refractivity contribution in [3.8, 4) is 0 Å². The van der Waals surface area contributed by atoms with Gasteiger partial charge < -0.3 is 9.88 Å². The molecule has 0 radical (unpaired) electrons. The van der Waals surface area contributed by atoms with Crippen LogP contribution in [0.1, 0.15) is 49.9 Å². The van der Waals surface area contributed by atoms with Crippen molar-refractivity contribution in [2.45, 2.75) is 62.6 Å². The van der Waals surface area contributed by atoms with Crippen molar-refractivity contribution in [1.82, 2.24) is 20.1 Å². The second kappa shape index (κ2) is 9.76. The maximum absolute atomic E-state index is 12.2. The monoisotopic (exact) mass is 372 g/mol. The Balaban J connectivity index is 1.46. The van der Waals surface area contributed by atoms with Gasteiger partial charge in [-0.25, -0.2) is 0 Å². The molecule has 1 aliphatic carbocycles. The summed E-state index contributed by atoms with van der Waals surface area (Å²) in [6, 6.07) is 10.8. The van der Waals surface area contributed by atoms with E-state index in [0.717, 1.165) is 36.7 Å². The number of hydrogen-bond acceptors (Lipinski definition) is 4. The standard InChI is InChI=1S/C20H28N4OS/c1-24-18(14-13-16-9-5-4-6-10-16)22-23-20(24)26-15-19(25)21-17-11-7-2-3-8-12-17/h4-6,9-10,17H,2-3,7-8,11-15H2,1H3,(H,21,25). The predicted molar refractivity (Wildman–Crippen MR) is 105 cm³/mol. The molecule has 0 unspecified atom stereocenters.